The van der Waals surface area contributed by atoms with Crippen molar-refractivity contribution in [2.75, 3.05) is 18.5 Å². The van der Waals surface area contributed by atoms with Gasteiger partial charge in [0.2, 0.25) is 0 Å². The van der Waals surface area contributed by atoms with Crippen molar-refractivity contribution in [3.63, 3.8) is 0 Å². The van der Waals surface area contributed by atoms with Crippen molar-refractivity contribution in [3.8, 4) is 12.8 Å². The summed E-state index contributed by atoms with van der Waals surface area (Å²) in [5.41, 5.74) is 5.07. The summed E-state index contributed by atoms with van der Waals surface area (Å²) >= 11 is 0. The summed E-state index contributed by atoms with van der Waals surface area (Å²) in [5, 5.41) is 3.49. The second-order valence-corrected chi connectivity index (χ2v) is 8.55. The molecule has 1 aromatic carbocycles. The molecule has 0 spiro atoms. The molecule has 0 saturated carbocycles. The third-order valence-corrected chi connectivity index (χ3v) is 5.06. The van der Waals surface area contributed by atoms with Crippen LogP contribution < -0.4 is 10.2 Å². The van der Waals surface area contributed by atoms with E-state index in [4.69, 9.17) is 0 Å². The van der Waals surface area contributed by atoms with E-state index in [1.54, 1.807) is 0 Å². The Morgan fingerprint density at radius 1 is 1.06 bits per heavy atom. The summed E-state index contributed by atoms with van der Waals surface area (Å²) in [6.07, 6.45) is 21.1. The SMILES string of the molecule is C#C.C/C=C(/C)CCCC.C=C(NCCCCC)/C(=C/N(C)c1ccccc1)CC(C)C. The lowest BCUT2D eigenvalue weighted by Crippen LogP contribution is -2.19. The highest BCUT2D eigenvalue weighted by Gasteiger charge is 2.08. The first kappa shape index (κ1) is 31.8. The van der Waals surface area contributed by atoms with Crippen LogP contribution in [0.2, 0.25) is 0 Å². The number of anilines is 1. The molecule has 0 radical (unpaired) electrons. The monoisotopic (exact) mass is 438 g/mol. The maximum atomic E-state index is 4.25. The van der Waals surface area contributed by atoms with E-state index in [1.165, 1.54) is 55.4 Å². The normalized spacial score (nSPS) is 11.1. The molecule has 0 fully saturated rings. The highest BCUT2D eigenvalue weighted by molar-refractivity contribution is 5.49. The highest BCUT2D eigenvalue weighted by atomic mass is 15.1. The van der Waals surface area contributed by atoms with Gasteiger partial charge in [0, 0.05) is 31.2 Å². The van der Waals surface area contributed by atoms with Crippen molar-refractivity contribution in [1.29, 1.82) is 0 Å². The molecule has 0 unspecified atom stereocenters. The topological polar surface area (TPSA) is 15.3 Å². The predicted octanol–water partition coefficient (Wildman–Crippen LogP) is 8.74. The van der Waals surface area contributed by atoms with Crippen LogP contribution in [0.4, 0.5) is 5.69 Å². The molecule has 2 heteroatoms. The number of para-hydroxylation sites is 1. The first-order valence-corrected chi connectivity index (χ1v) is 12.2. The van der Waals surface area contributed by atoms with E-state index in [9.17, 15) is 0 Å². The molecule has 0 bridgehead atoms. The largest absolute Gasteiger partial charge is 0.385 e. The van der Waals surface area contributed by atoms with Crippen molar-refractivity contribution in [2.24, 2.45) is 5.92 Å². The van der Waals surface area contributed by atoms with Gasteiger partial charge in [-0.25, -0.2) is 0 Å². The summed E-state index contributed by atoms with van der Waals surface area (Å²) in [7, 11) is 2.10. The molecule has 180 valence electrons. The Morgan fingerprint density at radius 3 is 2.16 bits per heavy atom. The molecule has 0 atom stereocenters. The van der Waals surface area contributed by atoms with Gasteiger partial charge in [-0.2, -0.15) is 0 Å². The van der Waals surface area contributed by atoms with Crippen LogP contribution in [0.5, 0.6) is 0 Å². The number of allylic oxidation sites excluding steroid dienone is 3. The second-order valence-electron chi connectivity index (χ2n) is 8.55. The minimum atomic E-state index is 0.615. The number of rotatable bonds is 13. The van der Waals surface area contributed by atoms with E-state index in [0.717, 1.165) is 18.7 Å². The fourth-order valence-corrected chi connectivity index (χ4v) is 2.99. The third-order valence-electron chi connectivity index (χ3n) is 5.06. The number of hydrogen-bond acceptors (Lipinski definition) is 2. The third kappa shape index (κ3) is 17.3. The quantitative estimate of drug-likeness (QED) is 0.143. The lowest BCUT2D eigenvalue weighted by Gasteiger charge is -2.20. The van der Waals surface area contributed by atoms with E-state index >= 15 is 0 Å². The first-order valence-electron chi connectivity index (χ1n) is 12.2. The van der Waals surface area contributed by atoms with Crippen LogP contribution in [0.15, 0.2) is 66.0 Å². The smallest absolute Gasteiger partial charge is 0.0403 e. The van der Waals surface area contributed by atoms with Crippen LogP contribution in [0.25, 0.3) is 0 Å². The zero-order chi connectivity index (χ0) is 24.8. The van der Waals surface area contributed by atoms with Gasteiger partial charge in [-0.3, -0.25) is 0 Å². The Morgan fingerprint density at radius 2 is 1.66 bits per heavy atom. The number of nitrogens with zero attached hydrogens (tertiary/aromatic N) is 1. The van der Waals surface area contributed by atoms with Crippen LogP contribution in [-0.4, -0.2) is 13.6 Å². The second kappa shape index (κ2) is 21.8. The van der Waals surface area contributed by atoms with Crippen LogP contribution in [0.3, 0.4) is 0 Å². The lowest BCUT2D eigenvalue weighted by molar-refractivity contribution is 0.623. The molecular weight excluding hydrogens is 388 g/mol. The molecule has 0 saturated heterocycles. The van der Waals surface area contributed by atoms with Gasteiger partial charge < -0.3 is 10.2 Å². The zero-order valence-electron chi connectivity index (χ0n) is 22.1. The zero-order valence-corrected chi connectivity index (χ0v) is 22.1. The van der Waals surface area contributed by atoms with Gasteiger partial charge in [0.15, 0.2) is 0 Å². The molecule has 1 N–H and O–H groups in total. The van der Waals surface area contributed by atoms with E-state index in [1.807, 2.05) is 6.07 Å². The van der Waals surface area contributed by atoms with Crippen LogP contribution >= 0.6 is 0 Å². The average Bonchev–Trinajstić information content (AvgIpc) is 2.81. The Hall–Kier alpha value is -2.40. The Bertz CT molecular complexity index is 650. The fourth-order valence-electron chi connectivity index (χ4n) is 2.99. The number of benzene rings is 1. The molecule has 1 rings (SSSR count). The maximum absolute atomic E-state index is 4.25. The molecular formula is C30H50N2. The molecule has 0 aromatic heterocycles. The van der Waals surface area contributed by atoms with Crippen molar-refractivity contribution in [1.82, 2.24) is 5.32 Å². The van der Waals surface area contributed by atoms with Gasteiger partial charge in [-0.15, -0.1) is 12.8 Å². The van der Waals surface area contributed by atoms with Crippen LogP contribution in [0, 0.1) is 18.8 Å². The molecule has 32 heavy (non-hydrogen) atoms. The summed E-state index contributed by atoms with van der Waals surface area (Å²) < 4.78 is 0. The van der Waals surface area contributed by atoms with Crippen molar-refractivity contribution < 1.29 is 0 Å². The Kier molecular flexibility index (Phi) is 21.7. The minimum absolute atomic E-state index is 0.615. The fraction of sp³-hybridized carbons (Fsp3) is 0.533. The Balaban J connectivity index is 0. The standard InChI is InChI=1S/C20H32N2.C8H16.C2H2/c1-6-7-11-14-21-18(4)19(15-17(2)3)16-22(5)20-12-9-8-10-13-20;1-4-6-7-8(3)5-2;1-2/h8-10,12-13,16-17,21H,4,6-7,11,14-15H2,1-3,5H3;5H,4,6-7H2,1-3H3;1-2H/b19-16+;8-5-;. The van der Waals surface area contributed by atoms with Gasteiger partial charge >= 0.3 is 0 Å². The molecule has 0 aliphatic rings. The molecule has 0 aliphatic carbocycles. The van der Waals surface area contributed by atoms with Crippen molar-refractivity contribution in [2.45, 2.75) is 86.5 Å². The summed E-state index contributed by atoms with van der Waals surface area (Å²) in [4.78, 5) is 2.18. The lowest BCUT2D eigenvalue weighted by atomic mass is 10.0. The van der Waals surface area contributed by atoms with E-state index < -0.39 is 0 Å². The summed E-state index contributed by atoms with van der Waals surface area (Å²) in [6, 6.07) is 10.4. The molecule has 0 aliphatic heterocycles. The van der Waals surface area contributed by atoms with Gasteiger partial charge in [-0.1, -0.05) is 83.4 Å². The summed E-state index contributed by atoms with van der Waals surface area (Å²) in [6.45, 7) is 18.5. The Labute approximate surface area is 200 Å². The highest BCUT2D eigenvalue weighted by Crippen LogP contribution is 2.20. The molecule has 1 aromatic rings. The van der Waals surface area contributed by atoms with E-state index in [-0.39, 0.29) is 0 Å². The molecule has 0 heterocycles. The molecule has 2 nitrogen and oxygen atoms in total. The van der Waals surface area contributed by atoms with E-state index in [0.29, 0.717) is 5.92 Å². The first-order chi connectivity index (χ1) is 15.3. The van der Waals surface area contributed by atoms with Gasteiger partial charge in [-0.05, 0) is 63.2 Å². The maximum Gasteiger partial charge on any atom is 0.0403 e. The van der Waals surface area contributed by atoms with Gasteiger partial charge in [0.05, 0.1) is 0 Å². The summed E-state index contributed by atoms with van der Waals surface area (Å²) in [5.74, 6) is 0.615. The number of nitrogens with one attached hydrogen (secondary N) is 1. The van der Waals surface area contributed by atoms with Gasteiger partial charge in [0.25, 0.3) is 0 Å². The van der Waals surface area contributed by atoms with Crippen molar-refractivity contribution in [3.05, 3.63) is 66.0 Å². The average molecular weight is 439 g/mol. The number of terminal acetylenes is 1. The number of hydrogen-bond donors (Lipinski definition) is 1. The van der Waals surface area contributed by atoms with E-state index in [2.05, 4.69) is 115 Å². The van der Waals surface area contributed by atoms with Crippen molar-refractivity contribution >= 4 is 5.69 Å². The van der Waals surface area contributed by atoms with Crippen LogP contribution in [-0.2, 0) is 0 Å². The molecule has 0 amide bonds. The number of unbranched alkanes of at least 4 members (excludes halogenated alkanes) is 3. The predicted molar refractivity (Wildman–Crippen MR) is 148 cm³/mol. The minimum Gasteiger partial charge on any atom is -0.385 e. The van der Waals surface area contributed by atoms with Crippen LogP contribution in [0.1, 0.15) is 86.5 Å². The van der Waals surface area contributed by atoms with Gasteiger partial charge in [0.1, 0.15) is 0 Å².